The van der Waals surface area contributed by atoms with Crippen LogP contribution in [0.5, 0.6) is 0 Å². The van der Waals surface area contributed by atoms with E-state index < -0.39 is 0 Å². The number of nitrogens with zero attached hydrogens (tertiary/aromatic N) is 2. The van der Waals surface area contributed by atoms with Crippen molar-refractivity contribution in [3.05, 3.63) is 53.7 Å². The second-order valence-corrected chi connectivity index (χ2v) is 4.23. The molecule has 0 saturated carbocycles. The van der Waals surface area contributed by atoms with Gasteiger partial charge in [0.05, 0.1) is 11.9 Å². The summed E-state index contributed by atoms with van der Waals surface area (Å²) in [6.07, 6.45) is 1.68. The highest BCUT2D eigenvalue weighted by molar-refractivity contribution is 5.46. The van der Waals surface area contributed by atoms with Gasteiger partial charge in [-0.05, 0) is 30.2 Å². The molecule has 3 heteroatoms. The van der Waals surface area contributed by atoms with Crippen LogP contribution in [0.2, 0.25) is 0 Å². The van der Waals surface area contributed by atoms with Gasteiger partial charge >= 0.3 is 0 Å². The Balaban J connectivity index is 2.14. The van der Waals surface area contributed by atoms with Gasteiger partial charge in [-0.3, -0.25) is 0 Å². The van der Waals surface area contributed by atoms with Gasteiger partial charge in [0.15, 0.2) is 0 Å². The molecule has 17 heavy (non-hydrogen) atoms. The summed E-state index contributed by atoms with van der Waals surface area (Å²) < 4.78 is 0. The van der Waals surface area contributed by atoms with Gasteiger partial charge in [-0.1, -0.05) is 24.3 Å². The van der Waals surface area contributed by atoms with Crippen LogP contribution in [0.3, 0.4) is 0 Å². The number of aromatic nitrogens is 1. The van der Waals surface area contributed by atoms with E-state index in [9.17, 15) is 0 Å². The molecule has 0 amide bonds. The van der Waals surface area contributed by atoms with E-state index in [1.165, 1.54) is 11.1 Å². The normalized spacial score (nSPS) is 10.2. The fourth-order valence-electron chi connectivity index (χ4n) is 1.75. The van der Waals surface area contributed by atoms with Crippen LogP contribution in [0.4, 0.5) is 11.5 Å². The molecule has 2 N–H and O–H groups in total. The van der Waals surface area contributed by atoms with Crippen molar-refractivity contribution < 1.29 is 0 Å². The first-order valence-corrected chi connectivity index (χ1v) is 5.64. The van der Waals surface area contributed by atoms with Gasteiger partial charge in [0, 0.05) is 13.6 Å². The summed E-state index contributed by atoms with van der Waals surface area (Å²) >= 11 is 0. The molecule has 2 rings (SSSR count). The number of nitrogens with two attached hydrogens (primary N) is 1. The molecule has 0 bridgehead atoms. The van der Waals surface area contributed by atoms with E-state index in [4.69, 9.17) is 5.73 Å². The average molecular weight is 227 g/mol. The molecular weight excluding hydrogens is 210 g/mol. The number of hydrogen-bond donors (Lipinski definition) is 1. The molecule has 1 heterocycles. The molecule has 0 aliphatic heterocycles. The lowest BCUT2D eigenvalue weighted by atomic mass is 10.1. The van der Waals surface area contributed by atoms with Crippen molar-refractivity contribution in [2.45, 2.75) is 13.5 Å². The minimum Gasteiger partial charge on any atom is -0.397 e. The van der Waals surface area contributed by atoms with E-state index in [1.807, 2.05) is 19.2 Å². The molecule has 0 unspecified atom stereocenters. The SMILES string of the molecule is Cc1ccccc1CN(C)c1ccc(N)cn1. The van der Waals surface area contributed by atoms with Crippen LogP contribution in [-0.4, -0.2) is 12.0 Å². The molecular formula is C14H17N3. The zero-order valence-electron chi connectivity index (χ0n) is 10.2. The van der Waals surface area contributed by atoms with E-state index in [0.29, 0.717) is 5.69 Å². The number of anilines is 2. The van der Waals surface area contributed by atoms with Crippen LogP contribution in [0.15, 0.2) is 42.6 Å². The maximum Gasteiger partial charge on any atom is 0.128 e. The minimum atomic E-state index is 0.693. The van der Waals surface area contributed by atoms with Gasteiger partial charge in [-0.15, -0.1) is 0 Å². The first kappa shape index (κ1) is 11.5. The van der Waals surface area contributed by atoms with Gasteiger partial charge in [0.25, 0.3) is 0 Å². The van der Waals surface area contributed by atoms with Crippen LogP contribution in [-0.2, 0) is 6.54 Å². The fraction of sp³-hybridized carbons (Fsp3) is 0.214. The predicted molar refractivity (Wildman–Crippen MR) is 71.9 cm³/mol. The molecule has 1 aromatic carbocycles. The van der Waals surface area contributed by atoms with Crippen LogP contribution in [0, 0.1) is 6.92 Å². The number of aryl methyl sites for hydroxylation is 1. The molecule has 0 saturated heterocycles. The van der Waals surface area contributed by atoms with Crippen LogP contribution < -0.4 is 10.6 Å². The number of rotatable bonds is 3. The van der Waals surface area contributed by atoms with E-state index in [0.717, 1.165) is 12.4 Å². The first-order valence-electron chi connectivity index (χ1n) is 5.64. The third kappa shape index (κ3) is 2.75. The van der Waals surface area contributed by atoms with Crippen LogP contribution >= 0.6 is 0 Å². The number of nitrogen functional groups attached to an aromatic ring is 1. The molecule has 0 radical (unpaired) electrons. The molecule has 88 valence electrons. The van der Waals surface area contributed by atoms with E-state index in [-0.39, 0.29) is 0 Å². The van der Waals surface area contributed by atoms with E-state index in [1.54, 1.807) is 6.20 Å². The van der Waals surface area contributed by atoms with Crippen molar-refractivity contribution >= 4 is 11.5 Å². The molecule has 0 aliphatic carbocycles. The van der Waals surface area contributed by atoms with Crippen molar-refractivity contribution in [3.8, 4) is 0 Å². The van der Waals surface area contributed by atoms with Crippen molar-refractivity contribution in [1.82, 2.24) is 4.98 Å². The Labute approximate surface area is 102 Å². The highest BCUT2D eigenvalue weighted by Crippen LogP contribution is 2.15. The number of pyridine rings is 1. The topological polar surface area (TPSA) is 42.1 Å². The van der Waals surface area contributed by atoms with Gasteiger partial charge in [-0.25, -0.2) is 4.98 Å². The Bertz CT molecular complexity index is 491. The maximum atomic E-state index is 5.62. The quantitative estimate of drug-likeness (QED) is 0.876. The summed E-state index contributed by atoms with van der Waals surface area (Å²) in [5, 5.41) is 0. The summed E-state index contributed by atoms with van der Waals surface area (Å²) in [6, 6.07) is 12.2. The summed E-state index contributed by atoms with van der Waals surface area (Å²) in [5.74, 6) is 0.933. The van der Waals surface area contributed by atoms with Gasteiger partial charge < -0.3 is 10.6 Å². The second kappa shape index (κ2) is 4.87. The average Bonchev–Trinajstić information content (AvgIpc) is 2.33. The van der Waals surface area contributed by atoms with Crippen LogP contribution in [0.1, 0.15) is 11.1 Å². The molecule has 2 aromatic rings. The van der Waals surface area contributed by atoms with Crippen molar-refractivity contribution in [3.63, 3.8) is 0 Å². The maximum absolute atomic E-state index is 5.62. The largest absolute Gasteiger partial charge is 0.397 e. The highest BCUT2D eigenvalue weighted by Gasteiger charge is 2.04. The predicted octanol–water partition coefficient (Wildman–Crippen LogP) is 2.61. The lowest BCUT2D eigenvalue weighted by molar-refractivity contribution is 0.891. The number of hydrogen-bond acceptors (Lipinski definition) is 3. The Morgan fingerprint density at radius 1 is 1.18 bits per heavy atom. The summed E-state index contributed by atoms with van der Waals surface area (Å²) in [5.41, 5.74) is 8.93. The molecule has 0 fully saturated rings. The number of benzene rings is 1. The Morgan fingerprint density at radius 2 is 1.94 bits per heavy atom. The van der Waals surface area contributed by atoms with Crippen LogP contribution in [0.25, 0.3) is 0 Å². The third-order valence-electron chi connectivity index (χ3n) is 2.83. The van der Waals surface area contributed by atoms with Crippen molar-refractivity contribution in [2.24, 2.45) is 0 Å². The summed E-state index contributed by atoms with van der Waals surface area (Å²) in [4.78, 5) is 6.42. The molecule has 0 atom stereocenters. The highest BCUT2D eigenvalue weighted by atomic mass is 15.2. The fourth-order valence-corrected chi connectivity index (χ4v) is 1.75. The Hall–Kier alpha value is -2.03. The monoisotopic (exact) mass is 227 g/mol. The van der Waals surface area contributed by atoms with Gasteiger partial charge in [0.2, 0.25) is 0 Å². The van der Waals surface area contributed by atoms with E-state index in [2.05, 4.69) is 41.1 Å². The third-order valence-corrected chi connectivity index (χ3v) is 2.83. The molecule has 1 aromatic heterocycles. The lowest BCUT2D eigenvalue weighted by Gasteiger charge is -2.19. The summed E-state index contributed by atoms with van der Waals surface area (Å²) in [6.45, 7) is 2.98. The zero-order valence-corrected chi connectivity index (χ0v) is 10.2. The smallest absolute Gasteiger partial charge is 0.128 e. The van der Waals surface area contributed by atoms with E-state index >= 15 is 0 Å². The van der Waals surface area contributed by atoms with Gasteiger partial charge in [-0.2, -0.15) is 0 Å². The Morgan fingerprint density at radius 3 is 2.59 bits per heavy atom. The zero-order chi connectivity index (χ0) is 12.3. The summed E-state index contributed by atoms with van der Waals surface area (Å²) in [7, 11) is 2.03. The lowest BCUT2D eigenvalue weighted by Crippen LogP contribution is -2.18. The molecule has 0 aliphatic rings. The van der Waals surface area contributed by atoms with Crippen molar-refractivity contribution in [1.29, 1.82) is 0 Å². The first-order chi connectivity index (χ1) is 8.16. The van der Waals surface area contributed by atoms with Crippen molar-refractivity contribution in [2.75, 3.05) is 17.7 Å². The standard InChI is InChI=1S/C14H17N3/c1-11-5-3-4-6-12(11)10-17(2)14-8-7-13(15)9-16-14/h3-9H,10,15H2,1-2H3. The molecule has 0 spiro atoms. The second-order valence-electron chi connectivity index (χ2n) is 4.23. The van der Waals surface area contributed by atoms with Gasteiger partial charge in [0.1, 0.15) is 5.82 Å². The minimum absolute atomic E-state index is 0.693. The molecule has 3 nitrogen and oxygen atoms in total. The Kier molecular flexibility index (Phi) is 3.28.